The molecule has 1 saturated heterocycles. The Kier molecular flexibility index (Phi) is 6.22. The van der Waals surface area contributed by atoms with Crippen molar-refractivity contribution in [3.63, 3.8) is 0 Å². The van der Waals surface area contributed by atoms with Gasteiger partial charge in [-0.2, -0.15) is 4.98 Å². The second kappa shape index (κ2) is 7.93. The van der Waals surface area contributed by atoms with Gasteiger partial charge in [-0.15, -0.1) is 0 Å². The minimum Gasteiger partial charge on any atom is -0.480 e. The van der Waals surface area contributed by atoms with E-state index in [4.69, 9.17) is 9.47 Å². The molecule has 1 aromatic heterocycles. The molecular weight excluding hydrogens is 288 g/mol. The van der Waals surface area contributed by atoms with Gasteiger partial charge in [-0.25, -0.2) is 0 Å². The summed E-state index contributed by atoms with van der Waals surface area (Å²) in [6.07, 6.45) is 0.269. The third kappa shape index (κ3) is 4.54. The van der Waals surface area contributed by atoms with Gasteiger partial charge in [-0.3, -0.25) is 4.90 Å². The number of ether oxygens (including phenoxy) is 2. The fourth-order valence-electron chi connectivity index (χ4n) is 2.33. The van der Waals surface area contributed by atoms with Crippen LogP contribution in [0, 0.1) is 0 Å². The summed E-state index contributed by atoms with van der Waals surface area (Å²) in [6.45, 7) is 7.79. The molecule has 0 radical (unpaired) electrons. The lowest BCUT2D eigenvalue weighted by Gasteiger charge is -2.32. The zero-order valence-corrected chi connectivity index (χ0v) is 14.2. The summed E-state index contributed by atoms with van der Waals surface area (Å²) in [5.74, 6) is 0.718. The Morgan fingerprint density at radius 3 is 3.00 bits per heavy atom. The molecule has 6 nitrogen and oxygen atoms in total. The Morgan fingerprint density at radius 2 is 2.33 bits per heavy atom. The molecule has 0 bridgehead atoms. The lowest BCUT2D eigenvalue weighted by atomic mass is 10.2. The molecule has 1 aliphatic heterocycles. The predicted octanol–water partition coefficient (Wildman–Crippen LogP) is 1.03. The first kappa shape index (κ1) is 16.5. The van der Waals surface area contributed by atoms with Crippen LogP contribution in [0.3, 0.4) is 0 Å². The lowest BCUT2D eigenvalue weighted by molar-refractivity contribution is -0.0253. The Hall–Kier alpha value is -0.890. The fourth-order valence-corrected chi connectivity index (χ4v) is 3.25. The second-order valence-electron chi connectivity index (χ2n) is 5.34. The van der Waals surface area contributed by atoms with Gasteiger partial charge >= 0.3 is 0 Å². The van der Waals surface area contributed by atoms with Crippen molar-refractivity contribution in [1.29, 1.82) is 0 Å². The maximum absolute atomic E-state index is 5.79. The Morgan fingerprint density at radius 1 is 1.52 bits per heavy atom. The molecule has 1 unspecified atom stereocenters. The molecule has 0 amide bonds. The third-order valence-corrected chi connectivity index (χ3v) is 4.76. The van der Waals surface area contributed by atoms with E-state index in [1.165, 1.54) is 0 Å². The van der Waals surface area contributed by atoms with Crippen LogP contribution in [0.25, 0.3) is 0 Å². The molecule has 0 aliphatic carbocycles. The van der Waals surface area contributed by atoms with Crippen molar-refractivity contribution in [3.8, 4) is 5.88 Å². The quantitative estimate of drug-likeness (QED) is 0.811. The summed E-state index contributed by atoms with van der Waals surface area (Å²) in [7, 11) is 5.65. The Bertz CT molecular complexity index is 439. The Balaban J connectivity index is 1.82. The van der Waals surface area contributed by atoms with Crippen LogP contribution >= 0.6 is 11.3 Å². The molecule has 2 rings (SSSR count). The molecule has 2 heterocycles. The number of nitrogens with one attached hydrogen (secondary N) is 1. The number of aromatic nitrogens is 1. The van der Waals surface area contributed by atoms with Gasteiger partial charge in [-0.1, -0.05) is 18.3 Å². The van der Waals surface area contributed by atoms with Crippen molar-refractivity contribution < 1.29 is 9.47 Å². The minimum atomic E-state index is 0.269. The van der Waals surface area contributed by atoms with Gasteiger partial charge in [0.05, 0.1) is 24.7 Å². The van der Waals surface area contributed by atoms with E-state index in [1.54, 1.807) is 18.4 Å². The SMILES string of the molecule is CCN1CCOC(CNCc2sc(N(C)C)nc2OC)C1. The molecule has 0 aromatic carbocycles. The van der Waals surface area contributed by atoms with Crippen LogP contribution in [0.2, 0.25) is 0 Å². The van der Waals surface area contributed by atoms with Crippen LogP contribution < -0.4 is 15.0 Å². The van der Waals surface area contributed by atoms with Gasteiger partial charge in [0.15, 0.2) is 5.13 Å². The number of rotatable bonds is 7. The van der Waals surface area contributed by atoms with Crippen molar-refractivity contribution in [2.75, 3.05) is 58.9 Å². The highest BCUT2D eigenvalue weighted by Crippen LogP contribution is 2.30. The van der Waals surface area contributed by atoms with Crippen LogP contribution in [0.4, 0.5) is 5.13 Å². The van der Waals surface area contributed by atoms with Gasteiger partial charge < -0.3 is 19.7 Å². The fraction of sp³-hybridized carbons (Fsp3) is 0.786. The molecule has 120 valence electrons. The predicted molar refractivity (Wildman–Crippen MR) is 86.6 cm³/mol. The molecule has 1 atom stereocenters. The van der Waals surface area contributed by atoms with E-state index in [2.05, 4.69) is 22.1 Å². The number of likely N-dealkylation sites (N-methyl/N-ethyl adjacent to an activating group) is 1. The number of thiazole rings is 1. The van der Waals surface area contributed by atoms with Crippen LogP contribution in [0.1, 0.15) is 11.8 Å². The molecule has 0 saturated carbocycles. The van der Waals surface area contributed by atoms with Crippen LogP contribution in [0.15, 0.2) is 0 Å². The first-order valence-corrected chi connectivity index (χ1v) is 8.21. The van der Waals surface area contributed by atoms with Gasteiger partial charge in [0.25, 0.3) is 0 Å². The molecule has 1 aromatic rings. The number of anilines is 1. The van der Waals surface area contributed by atoms with Gasteiger partial charge in [-0.05, 0) is 6.54 Å². The van der Waals surface area contributed by atoms with Crippen LogP contribution in [-0.2, 0) is 11.3 Å². The van der Waals surface area contributed by atoms with E-state index in [0.29, 0.717) is 0 Å². The van der Waals surface area contributed by atoms with Crippen molar-refractivity contribution in [2.45, 2.75) is 19.6 Å². The molecule has 1 N–H and O–H groups in total. The molecule has 1 aliphatic rings. The maximum atomic E-state index is 5.79. The number of methoxy groups -OCH3 is 1. The highest BCUT2D eigenvalue weighted by atomic mass is 32.1. The van der Waals surface area contributed by atoms with E-state index in [0.717, 1.165) is 55.2 Å². The molecule has 21 heavy (non-hydrogen) atoms. The average Bonchev–Trinajstić information content (AvgIpc) is 2.91. The first-order valence-electron chi connectivity index (χ1n) is 7.39. The van der Waals surface area contributed by atoms with Crippen molar-refractivity contribution in [2.24, 2.45) is 0 Å². The lowest BCUT2D eigenvalue weighted by Crippen LogP contribution is -2.46. The number of morpholine rings is 1. The van der Waals surface area contributed by atoms with Crippen molar-refractivity contribution >= 4 is 16.5 Å². The molecular formula is C14H26N4O2S. The second-order valence-corrected chi connectivity index (χ2v) is 6.40. The zero-order valence-electron chi connectivity index (χ0n) is 13.4. The zero-order chi connectivity index (χ0) is 15.2. The highest BCUT2D eigenvalue weighted by Gasteiger charge is 2.19. The normalized spacial score (nSPS) is 19.7. The van der Waals surface area contributed by atoms with Crippen molar-refractivity contribution in [1.82, 2.24) is 15.2 Å². The molecule has 1 fully saturated rings. The van der Waals surface area contributed by atoms with E-state index in [-0.39, 0.29) is 6.10 Å². The standard InChI is InChI=1S/C14H26N4O2S/c1-5-18-6-7-20-11(10-18)8-15-9-12-13(19-4)16-14(21-12)17(2)3/h11,15H,5-10H2,1-4H3. The Labute approximate surface area is 131 Å². The molecule has 7 heteroatoms. The van der Waals surface area contributed by atoms with E-state index >= 15 is 0 Å². The summed E-state index contributed by atoms with van der Waals surface area (Å²) in [6, 6.07) is 0. The summed E-state index contributed by atoms with van der Waals surface area (Å²) < 4.78 is 11.1. The minimum absolute atomic E-state index is 0.269. The summed E-state index contributed by atoms with van der Waals surface area (Å²) >= 11 is 1.66. The highest BCUT2D eigenvalue weighted by molar-refractivity contribution is 7.15. The van der Waals surface area contributed by atoms with Crippen molar-refractivity contribution in [3.05, 3.63) is 4.88 Å². The van der Waals surface area contributed by atoms with Crippen LogP contribution in [0.5, 0.6) is 5.88 Å². The van der Waals surface area contributed by atoms with Gasteiger partial charge in [0.2, 0.25) is 5.88 Å². The molecule has 0 spiro atoms. The third-order valence-electron chi connectivity index (χ3n) is 3.55. The monoisotopic (exact) mass is 314 g/mol. The van der Waals surface area contributed by atoms with E-state index in [1.807, 2.05) is 19.0 Å². The van der Waals surface area contributed by atoms with E-state index in [9.17, 15) is 0 Å². The van der Waals surface area contributed by atoms with Gasteiger partial charge in [0.1, 0.15) is 0 Å². The summed E-state index contributed by atoms with van der Waals surface area (Å²) in [5.41, 5.74) is 0. The van der Waals surface area contributed by atoms with Gasteiger partial charge in [0, 0.05) is 40.3 Å². The smallest absolute Gasteiger partial charge is 0.230 e. The summed E-state index contributed by atoms with van der Waals surface area (Å²) in [5, 5.41) is 4.43. The summed E-state index contributed by atoms with van der Waals surface area (Å²) in [4.78, 5) is 10.0. The number of nitrogens with zero attached hydrogens (tertiary/aromatic N) is 3. The first-order chi connectivity index (χ1) is 10.1. The topological polar surface area (TPSA) is 49.9 Å². The largest absolute Gasteiger partial charge is 0.480 e. The van der Waals surface area contributed by atoms with Crippen LogP contribution in [-0.4, -0.2) is 70.0 Å². The number of hydrogen-bond acceptors (Lipinski definition) is 7. The maximum Gasteiger partial charge on any atom is 0.230 e. The average molecular weight is 314 g/mol. The van der Waals surface area contributed by atoms with E-state index < -0.39 is 0 Å². The number of hydrogen-bond donors (Lipinski definition) is 1.